The highest BCUT2D eigenvalue weighted by molar-refractivity contribution is 5.94. The van der Waals surface area contributed by atoms with Gasteiger partial charge in [0.25, 0.3) is 0 Å². The summed E-state index contributed by atoms with van der Waals surface area (Å²) < 4.78 is 0. The van der Waals surface area contributed by atoms with E-state index in [0.717, 1.165) is 18.7 Å². The SMILES string of the molecule is CCCCCN1C(=O)NCc2ccccc21. The molecule has 0 spiro atoms. The number of amides is 2. The van der Waals surface area contributed by atoms with Crippen molar-refractivity contribution in [1.82, 2.24) is 5.32 Å². The molecule has 0 radical (unpaired) electrons. The smallest absolute Gasteiger partial charge is 0.322 e. The summed E-state index contributed by atoms with van der Waals surface area (Å²) >= 11 is 0. The second-order valence-corrected chi connectivity index (χ2v) is 4.15. The van der Waals surface area contributed by atoms with Crippen molar-refractivity contribution in [3.05, 3.63) is 29.8 Å². The molecule has 1 aromatic carbocycles. The van der Waals surface area contributed by atoms with Crippen LogP contribution in [-0.2, 0) is 6.54 Å². The lowest BCUT2D eigenvalue weighted by Crippen LogP contribution is -2.44. The van der Waals surface area contributed by atoms with Gasteiger partial charge in [-0.25, -0.2) is 4.79 Å². The van der Waals surface area contributed by atoms with Crippen molar-refractivity contribution in [2.75, 3.05) is 11.4 Å². The number of unbranched alkanes of at least 4 members (excludes halogenated alkanes) is 2. The lowest BCUT2D eigenvalue weighted by atomic mass is 10.1. The number of para-hydroxylation sites is 1. The summed E-state index contributed by atoms with van der Waals surface area (Å²) in [4.78, 5) is 13.6. The molecule has 0 atom stereocenters. The van der Waals surface area contributed by atoms with E-state index in [1.54, 1.807) is 0 Å². The van der Waals surface area contributed by atoms with Crippen molar-refractivity contribution in [3.63, 3.8) is 0 Å². The van der Waals surface area contributed by atoms with E-state index in [1.807, 2.05) is 23.1 Å². The molecule has 16 heavy (non-hydrogen) atoms. The predicted octanol–water partition coefficient (Wildman–Crippen LogP) is 2.91. The van der Waals surface area contributed by atoms with Gasteiger partial charge in [0.05, 0.1) is 5.69 Å². The van der Waals surface area contributed by atoms with Crippen LogP contribution in [0.3, 0.4) is 0 Å². The van der Waals surface area contributed by atoms with Gasteiger partial charge in [0.1, 0.15) is 0 Å². The normalized spacial score (nSPS) is 14.6. The minimum absolute atomic E-state index is 0.0369. The summed E-state index contributed by atoms with van der Waals surface area (Å²) in [6.45, 7) is 3.64. The zero-order valence-corrected chi connectivity index (χ0v) is 9.70. The molecule has 86 valence electrons. The Labute approximate surface area is 96.5 Å². The van der Waals surface area contributed by atoms with Crippen molar-refractivity contribution in [2.45, 2.75) is 32.7 Å². The fourth-order valence-electron chi connectivity index (χ4n) is 2.04. The average molecular weight is 218 g/mol. The van der Waals surface area contributed by atoms with E-state index in [-0.39, 0.29) is 6.03 Å². The van der Waals surface area contributed by atoms with Gasteiger partial charge in [0, 0.05) is 13.1 Å². The van der Waals surface area contributed by atoms with Crippen LogP contribution < -0.4 is 10.2 Å². The molecule has 1 aliphatic heterocycles. The van der Waals surface area contributed by atoms with Crippen molar-refractivity contribution >= 4 is 11.7 Å². The number of hydrogen-bond acceptors (Lipinski definition) is 1. The van der Waals surface area contributed by atoms with Gasteiger partial charge in [-0.05, 0) is 18.1 Å². The lowest BCUT2D eigenvalue weighted by Gasteiger charge is -2.29. The van der Waals surface area contributed by atoms with Crippen LogP contribution >= 0.6 is 0 Å². The molecular weight excluding hydrogens is 200 g/mol. The Bertz CT molecular complexity index is 376. The Balaban J connectivity index is 2.13. The second-order valence-electron chi connectivity index (χ2n) is 4.15. The van der Waals surface area contributed by atoms with Crippen LogP contribution in [0.15, 0.2) is 24.3 Å². The molecular formula is C13H18N2O. The standard InChI is InChI=1S/C13H18N2O/c1-2-3-6-9-15-12-8-5-4-7-11(12)10-14-13(15)16/h4-5,7-8H,2-3,6,9-10H2,1H3,(H,14,16). The molecule has 0 aliphatic carbocycles. The molecule has 2 rings (SSSR count). The van der Waals surface area contributed by atoms with Gasteiger partial charge < -0.3 is 5.32 Å². The third-order valence-electron chi connectivity index (χ3n) is 2.94. The number of nitrogens with one attached hydrogen (secondary N) is 1. The number of benzene rings is 1. The Morgan fingerprint density at radius 3 is 2.94 bits per heavy atom. The maximum atomic E-state index is 11.8. The van der Waals surface area contributed by atoms with E-state index < -0.39 is 0 Å². The van der Waals surface area contributed by atoms with Gasteiger partial charge >= 0.3 is 6.03 Å². The van der Waals surface area contributed by atoms with Gasteiger partial charge in [-0.3, -0.25) is 4.90 Å². The molecule has 1 aliphatic rings. The molecule has 0 aromatic heterocycles. The van der Waals surface area contributed by atoms with Crippen LogP contribution in [0.2, 0.25) is 0 Å². The van der Waals surface area contributed by atoms with Gasteiger partial charge in [-0.1, -0.05) is 38.0 Å². The van der Waals surface area contributed by atoms with E-state index in [9.17, 15) is 4.79 Å². The Kier molecular flexibility index (Phi) is 3.44. The van der Waals surface area contributed by atoms with Crippen LogP contribution in [0.4, 0.5) is 10.5 Å². The largest absolute Gasteiger partial charge is 0.334 e. The molecule has 1 aromatic rings. The monoisotopic (exact) mass is 218 g/mol. The van der Waals surface area contributed by atoms with Crippen molar-refractivity contribution < 1.29 is 4.79 Å². The fraction of sp³-hybridized carbons (Fsp3) is 0.462. The minimum Gasteiger partial charge on any atom is -0.334 e. The zero-order valence-electron chi connectivity index (χ0n) is 9.70. The topological polar surface area (TPSA) is 32.3 Å². The summed E-state index contributed by atoms with van der Waals surface area (Å²) in [6.07, 6.45) is 3.42. The first-order chi connectivity index (χ1) is 7.83. The Hall–Kier alpha value is -1.51. The van der Waals surface area contributed by atoms with Crippen molar-refractivity contribution in [3.8, 4) is 0 Å². The highest BCUT2D eigenvalue weighted by Crippen LogP contribution is 2.24. The highest BCUT2D eigenvalue weighted by Gasteiger charge is 2.22. The van der Waals surface area contributed by atoms with E-state index in [0.29, 0.717) is 6.54 Å². The Morgan fingerprint density at radius 1 is 1.31 bits per heavy atom. The molecule has 2 amide bonds. The molecule has 3 heteroatoms. The van der Waals surface area contributed by atoms with E-state index in [1.165, 1.54) is 18.4 Å². The van der Waals surface area contributed by atoms with Gasteiger partial charge in [-0.2, -0.15) is 0 Å². The van der Waals surface area contributed by atoms with Crippen LogP contribution in [0.1, 0.15) is 31.7 Å². The zero-order chi connectivity index (χ0) is 11.4. The third kappa shape index (κ3) is 2.18. The fourth-order valence-corrected chi connectivity index (χ4v) is 2.04. The van der Waals surface area contributed by atoms with Crippen LogP contribution in [0.25, 0.3) is 0 Å². The minimum atomic E-state index is 0.0369. The van der Waals surface area contributed by atoms with E-state index in [4.69, 9.17) is 0 Å². The second kappa shape index (κ2) is 5.01. The first kappa shape index (κ1) is 11.0. The van der Waals surface area contributed by atoms with Crippen LogP contribution in [0, 0.1) is 0 Å². The first-order valence-electron chi connectivity index (χ1n) is 5.96. The maximum absolute atomic E-state index is 11.8. The number of carbonyl (C=O) groups is 1. The maximum Gasteiger partial charge on any atom is 0.322 e. The molecule has 0 bridgehead atoms. The summed E-state index contributed by atoms with van der Waals surface area (Å²) in [7, 11) is 0. The quantitative estimate of drug-likeness (QED) is 0.774. The Morgan fingerprint density at radius 2 is 2.12 bits per heavy atom. The summed E-state index contributed by atoms with van der Waals surface area (Å²) in [5, 5.41) is 2.90. The number of carbonyl (C=O) groups excluding carboxylic acids is 1. The van der Waals surface area contributed by atoms with Crippen LogP contribution in [0.5, 0.6) is 0 Å². The molecule has 0 unspecified atom stereocenters. The van der Waals surface area contributed by atoms with Crippen molar-refractivity contribution in [2.24, 2.45) is 0 Å². The first-order valence-corrected chi connectivity index (χ1v) is 5.96. The van der Waals surface area contributed by atoms with Gasteiger partial charge in [0.15, 0.2) is 0 Å². The highest BCUT2D eigenvalue weighted by atomic mass is 16.2. The summed E-state index contributed by atoms with van der Waals surface area (Å²) in [5.74, 6) is 0. The lowest BCUT2D eigenvalue weighted by molar-refractivity contribution is 0.244. The number of hydrogen-bond donors (Lipinski definition) is 1. The number of nitrogens with zero attached hydrogens (tertiary/aromatic N) is 1. The van der Waals surface area contributed by atoms with Crippen LogP contribution in [-0.4, -0.2) is 12.6 Å². The number of fused-ring (bicyclic) bond motifs is 1. The average Bonchev–Trinajstić information content (AvgIpc) is 2.32. The molecule has 0 fully saturated rings. The predicted molar refractivity (Wildman–Crippen MR) is 65.5 cm³/mol. The van der Waals surface area contributed by atoms with E-state index in [2.05, 4.69) is 18.3 Å². The third-order valence-corrected chi connectivity index (χ3v) is 2.94. The molecule has 3 nitrogen and oxygen atoms in total. The van der Waals surface area contributed by atoms with Gasteiger partial charge in [0.2, 0.25) is 0 Å². The molecule has 0 saturated carbocycles. The molecule has 1 N–H and O–H groups in total. The molecule has 1 heterocycles. The number of urea groups is 1. The molecule has 0 saturated heterocycles. The van der Waals surface area contributed by atoms with Gasteiger partial charge in [-0.15, -0.1) is 0 Å². The summed E-state index contributed by atoms with van der Waals surface area (Å²) in [5.41, 5.74) is 2.28. The number of anilines is 1. The number of rotatable bonds is 4. The van der Waals surface area contributed by atoms with Crippen molar-refractivity contribution in [1.29, 1.82) is 0 Å². The summed E-state index contributed by atoms with van der Waals surface area (Å²) in [6, 6.07) is 8.14. The van der Waals surface area contributed by atoms with E-state index >= 15 is 0 Å².